The Morgan fingerprint density at radius 3 is 1.09 bits per heavy atom. The molecule has 0 aromatic heterocycles. The Balaban J connectivity index is 0.624. The van der Waals surface area contributed by atoms with Crippen molar-refractivity contribution in [3.8, 4) is 45.3 Å². The molecule has 7 heteroatoms. The van der Waals surface area contributed by atoms with Gasteiger partial charge in [-0.2, -0.15) is 0 Å². The van der Waals surface area contributed by atoms with Gasteiger partial charge in [0.25, 0.3) is 0 Å². The molecule has 17 rings (SSSR count). The van der Waals surface area contributed by atoms with E-state index in [4.69, 9.17) is 33.2 Å². The van der Waals surface area contributed by atoms with Gasteiger partial charge in [-0.1, -0.05) is 170 Å². The highest BCUT2D eigenvalue weighted by Crippen LogP contribution is 2.58. The van der Waals surface area contributed by atoms with Crippen molar-refractivity contribution in [3.05, 3.63) is 287 Å². The first kappa shape index (κ1) is 47.6. The van der Waals surface area contributed by atoms with Crippen LogP contribution in [0.1, 0.15) is 50.9 Å². The minimum Gasteiger partial charge on any atom is -0.491 e. The number of hydrogen-bond acceptors (Lipinski definition) is 7. The Hall–Kier alpha value is -9.24. The number of hydrogen-bond donors (Lipinski definition) is 0. The highest BCUT2D eigenvalue weighted by Gasteiger charge is 2.48. The molecule has 4 atom stereocenters. The maximum Gasteiger partial charge on any atom is 0.230 e. The zero-order valence-corrected chi connectivity index (χ0v) is 44.8. The topological polar surface area (TPSA) is 71.2 Å². The van der Waals surface area contributed by atoms with Crippen molar-refractivity contribution in [2.75, 3.05) is 26.4 Å². The Morgan fingerprint density at radius 1 is 0.354 bits per heavy atom. The molecule has 4 unspecified atom stereocenters. The monoisotopic (exact) mass is 1070 g/mol. The van der Waals surface area contributed by atoms with E-state index in [1.54, 1.807) is 0 Å². The van der Waals surface area contributed by atoms with E-state index in [2.05, 4.69) is 243 Å². The van der Waals surface area contributed by atoms with Gasteiger partial charge in [0.2, 0.25) is 12.6 Å². The fraction of sp³-hybridized carbons (Fsp3) is 0.147. The molecular formula is C75H54O7. The van der Waals surface area contributed by atoms with Crippen LogP contribution in [0.15, 0.2) is 243 Å². The van der Waals surface area contributed by atoms with Gasteiger partial charge in [-0.25, -0.2) is 0 Å². The molecule has 12 aromatic rings. The first-order valence-electron chi connectivity index (χ1n) is 28.6. The van der Waals surface area contributed by atoms with Crippen molar-refractivity contribution in [3.63, 3.8) is 0 Å². The molecular weight excluding hydrogens is 1010 g/mol. The fourth-order valence-corrected chi connectivity index (χ4v) is 13.7. The van der Waals surface area contributed by atoms with Crippen LogP contribution in [0.5, 0.6) is 23.0 Å². The average molecular weight is 1070 g/mol. The van der Waals surface area contributed by atoms with Gasteiger partial charge in [0, 0.05) is 6.42 Å². The van der Waals surface area contributed by atoms with Gasteiger partial charge in [-0.05, 0) is 183 Å². The van der Waals surface area contributed by atoms with Gasteiger partial charge in [0.05, 0.1) is 24.0 Å². The molecule has 0 bridgehead atoms. The van der Waals surface area contributed by atoms with E-state index >= 15 is 0 Å². The Morgan fingerprint density at radius 2 is 0.695 bits per heavy atom. The van der Waals surface area contributed by atoms with E-state index in [9.17, 15) is 0 Å². The maximum atomic E-state index is 6.48. The van der Waals surface area contributed by atoms with E-state index in [0.29, 0.717) is 13.2 Å². The van der Waals surface area contributed by atoms with Crippen molar-refractivity contribution >= 4 is 43.1 Å². The highest BCUT2D eigenvalue weighted by molar-refractivity contribution is 5.94. The van der Waals surface area contributed by atoms with Crippen LogP contribution in [0, 0.1) is 0 Å². The molecule has 0 saturated carbocycles. The summed E-state index contributed by atoms with van der Waals surface area (Å²) in [4.78, 5) is 0. The third-order valence-corrected chi connectivity index (χ3v) is 17.8. The van der Waals surface area contributed by atoms with E-state index in [0.717, 1.165) is 80.3 Å². The number of benzene rings is 12. The summed E-state index contributed by atoms with van der Waals surface area (Å²) < 4.78 is 42.1. The number of epoxide rings is 2. The van der Waals surface area contributed by atoms with E-state index in [-0.39, 0.29) is 18.5 Å². The average Bonchev–Trinajstić information content (AvgIpc) is 3.08. The Bertz CT molecular complexity index is 4460. The molecule has 0 N–H and O–H groups in total. The Labute approximate surface area is 474 Å². The summed E-state index contributed by atoms with van der Waals surface area (Å²) in [6.07, 6.45) is 0.358. The van der Waals surface area contributed by atoms with Gasteiger partial charge in [0.1, 0.15) is 42.3 Å². The summed E-state index contributed by atoms with van der Waals surface area (Å²) in [5.41, 5.74) is 13.9. The van der Waals surface area contributed by atoms with Gasteiger partial charge in [0.15, 0.2) is 6.10 Å². The van der Waals surface area contributed by atoms with E-state index in [1.807, 2.05) is 0 Å². The zero-order valence-electron chi connectivity index (χ0n) is 44.8. The van der Waals surface area contributed by atoms with Crippen LogP contribution in [0.2, 0.25) is 0 Å². The van der Waals surface area contributed by atoms with Crippen molar-refractivity contribution in [2.24, 2.45) is 0 Å². The lowest BCUT2D eigenvalue weighted by atomic mass is 9.67. The van der Waals surface area contributed by atoms with Gasteiger partial charge >= 0.3 is 0 Å². The second-order valence-corrected chi connectivity index (χ2v) is 22.5. The first-order valence-corrected chi connectivity index (χ1v) is 28.6. The normalized spacial score (nSPS) is 19.2. The molecule has 12 aromatic carbocycles. The molecule has 3 fully saturated rings. The quantitative estimate of drug-likeness (QED) is 0.100. The summed E-state index contributed by atoms with van der Waals surface area (Å²) in [6, 6.07) is 88.6. The van der Waals surface area contributed by atoms with Crippen LogP contribution in [0.25, 0.3) is 65.3 Å². The van der Waals surface area contributed by atoms with Crippen LogP contribution in [-0.4, -0.2) is 51.2 Å². The van der Waals surface area contributed by atoms with E-state index < -0.39 is 17.1 Å². The molecule has 0 spiro atoms. The van der Waals surface area contributed by atoms with Crippen molar-refractivity contribution < 1.29 is 33.2 Å². The predicted molar refractivity (Wildman–Crippen MR) is 323 cm³/mol. The minimum atomic E-state index is -0.545. The van der Waals surface area contributed by atoms with Gasteiger partial charge in [-0.15, -0.1) is 0 Å². The lowest BCUT2D eigenvalue weighted by Gasteiger charge is -2.34. The van der Waals surface area contributed by atoms with Crippen LogP contribution in [0.3, 0.4) is 0 Å². The molecule has 2 aliphatic carbocycles. The third kappa shape index (κ3) is 7.68. The zero-order chi connectivity index (χ0) is 53.9. The van der Waals surface area contributed by atoms with Crippen molar-refractivity contribution in [1.29, 1.82) is 0 Å². The fourth-order valence-electron chi connectivity index (χ4n) is 13.7. The van der Waals surface area contributed by atoms with Crippen molar-refractivity contribution in [1.82, 2.24) is 0 Å². The molecule has 3 aliphatic heterocycles. The van der Waals surface area contributed by atoms with Crippen LogP contribution in [-0.2, 0) is 25.0 Å². The summed E-state index contributed by atoms with van der Waals surface area (Å²) in [5, 5.41) is 9.07. The van der Waals surface area contributed by atoms with Crippen LogP contribution in [0.4, 0.5) is 0 Å². The van der Waals surface area contributed by atoms with Gasteiger partial charge in [-0.3, -0.25) is 0 Å². The third-order valence-electron chi connectivity index (χ3n) is 17.8. The predicted octanol–water partition coefficient (Wildman–Crippen LogP) is 16.1. The SMILES string of the molecule is c1ccc2c(c1)-c1ccccc1C2(c1ccc2cc(OCC3OC3Oc3ccc4cc(C5(c6ccc7cc(OCC8CO8)ccc7c6)c6ccccc6-c6ccccc65)ccc4c3)ccc2c1)c1ccc2cc(OC3CCO3)ccc2c1. The van der Waals surface area contributed by atoms with E-state index in [1.165, 1.54) is 72.1 Å². The number of ether oxygens (including phenoxy) is 7. The maximum absolute atomic E-state index is 6.48. The standard InChI is InChI=1S/C75H54O7/c1-5-13-67-63(9-1)64-10-2-6-14-68(64)74(67,56-27-19-52-41-60(31-23-48(52)37-56)80-72-33-34-76-72)55-26-18-51-40-59(30-22-47(51)36-55)79-45-71-73(82-71)81-61-32-24-49-38-57(28-20-53(49)42-61)75(69-15-7-3-11-65(69)66-12-4-8-16-70(66)75)54-25-17-50-39-58(29-21-46(50)35-54)77-43-62-44-78-62/h1-32,35-42,62,71-73H,33-34,43-45H2. The molecule has 396 valence electrons. The minimum absolute atomic E-state index is 0.162. The number of rotatable bonds is 14. The van der Waals surface area contributed by atoms with Crippen molar-refractivity contribution in [2.45, 2.75) is 42.0 Å². The lowest BCUT2D eigenvalue weighted by Crippen LogP contribution is -2.32. The summed E-state index contributed by atoms with van der Waals surface area (Å²) >= 11 is 0. The lowest BCUT2D eigenvalue weighted by molar-refractivity contribution is -0.165. The second-order valence-electron chi connectivity index (χ2n) is 22.5. The molecule has 3 saturated heterocycles. The molecule has 0 radical (unpaired) electrons. The van der Waals surface area contributed by atoms with Gasteiger partial charge < -0.3 is 33.2 Å². The second kappa shape index (κ2) is 18.7. The highest BCUT2D eigenvalue weighted by atomic mass is 16.8. The molecule has 3 heterocycles. The summed E-state index contributed by atoms with van der Waals surface area (Å²) in [6.45, 7) is 2.47. The molecule has 82 heavy (non-hydrogen) atoms. The largest absolute Gasteiger partial charge is 0.491 e. The summed E-state index contributed by atoms with van der Waals surface area (Å²) in [7, 11) is 0. The Kier molecular flexibility index (Phi) is 10.8. The first-order chi connectivity index (χ1) is 40.5. The smallest absolute Gasteiger partial charge is 0.230 e. The van der Waals surface area contributed by atoms with Crippen LogP contribution < -0.4 is 18.9 Å². The number of fused-ring (bicyclic) bond motifs is 10. The molecule has 0 amide bonds. The van der Waals surface area contributed by atoms with Crippen LogP contribution >= 0.6 is 0 Å². The molecule has 5 aliphatic rings. The summed E-state index contributed by atoms with van der Waals surface area (Å²) in [5.74, 6) is 3.24. The molecule has 7 nitrogen and oxygen atoms in total.